The Hall–Kier alpha value is -2.14. The van der Waals surface area contributed by atoms with Crippen molar-refractivity contribution in [3.8, 4) is 5.69 Å². The summed E-state index contributed by atoms with van der Waals surface area (Å²) >= 11 is 0. The van der Waals surface area contributed by atoms with Gasteiger partial charge in [-0.25, -0.2) is 4.68 Å². The second-order valence-corrected chi connectivity index (χ2v) is 6.55. The molecule has 1 aromatic heterocycles. The van der Waals surface area contributed by atoms with Gasteiger partial charge in [0.25, 0.3) is 5.91 Å². The van der Waals surface area contributed by atoms with Gasteiger partial charge in [-0.05, 0) is 49.9 Å². The van der Waals surface area contributed by atoms with E-state index in [0.717, 1.165) is 24.8 Å². The smallest absolute Gasteiger partial charge is 0.270 e. The monoisotopic (exact) mass is 310 g/mol. The molecule has 1 aromatic carbocycles. The largest absolute Gasteiger partial charge is 0.350 e. The maximum atomic E-state index is 12.5. The molecule has 0 bridgehead atoms. The molecule has 2 aliphatic rings. The van der Waals surface area contributed by atoms with Gasteiger partial charge in [0, 0.05) is 19.1 Å². The third kappa shape index (κ3) is 3.15. The van der Waals surface area contributed by atoms with Crippen LogP contribution in [0.1, 0.15) is 29.8 Å². The van der Waals surface area contributed by atoms with E-state index in [1.807, 2.05) is 30.3 Å². The molecule has 1 saturated carbocycles. The quantitative estimate of drug-likeness (QED) is 0.920. The van der Waals surface area contributed by atoms with E-state index in [1.54, 1.807) is 16.9 Å². The van der Waals surface area contributed by atoms with Crippen LogP contribution < -0.4 is 5.32 Å². The highest BCUT2D eigenvalue weighted by molar-refractivity contribution is 5.93. The highest BCUT2D eigenvalue weighted by Gasteiger charge is 2.34. The van der Waals surface area contributed by atoms with E-state index in [9.17, 15) is 4.79 Å². The Labute approximate surface area is 136 Å². The zero-order chi connectivity index (χ0) is 15.6. The fourth-order valence-electron chi connectivity index (χ4n) is 3.38. The van der Waals surface area contributed by atoms with E-state index >= 15 is 0 Å². The van der Waals surface area contributed by atoms with Crippen LogP contribution in [0.3, 0.4) is 0 Å². The standard InChI is InChI=1S/C18H22N4O/c23-18(19-12-14-9-11-21(13-14)15-6-7-15)17-8-10-20-22(17)16-4-2-1-3-5-16/h1-5,8,10,14-15H,6-7,9,11-13H2,(H,19,23). The molecule has 2 aromatic rings. The lowest BCUT2D eigenvalue weighted by molar-refractivity contribution is 0.0939. The van der Waals surface area contributed by atoms with Crippen molar-refractivity contribution in [2.24, 2.45) is 5.92 Å². The zero-order valence-electron chi connectivity index (χ0n) is 13.2. The topological polar surface area (TPSA) is 50.2 Å². The van der Waals surface area contributed by atoms with Crippen LogP contribution >= 0.6 is 0 Å². The number of aromatic nitrogens is 2. The summed E-state index contributed by atoms with van der Waals surface area (Å²) in [6.07, 6.45) is 5.58. The maximum absolute atomic E-state index is 12.5. The van der Waals surface area contributed by atoms with Crippen LogP contribution in [0.5, 0.6) is 0 Å². The van der Waals surface area contributed by atoms with Gasteiger partial charge in [-0.3, -0.25) is 4.79 Å². The van der Waals surface area contributed by atoms with Gasteiger partial charge in [0.05, 0.1) is 11.9 Å². The minimum absolute atomic E-state index is 0.0452. The molecule has 5 nitrogen and oxygen atoms in total. The average molecular weight is 310 g/mol. The molecule has 1 saturated heterocycles. The number of benzene rings is 1. The normalized spacial score (nSPS) is 21.5. The van der Waals surface area contributed by atoms with Crippen LogP contribution in [-0.2, 0) is 0 Å². The van der Waals surface area contributed by atoms with Gasteiger partial charge >= 0.3 is 0 Å². The predicted molar refractivity (Wildman–Crippen MR) is 88.6 cm³/mol. The van der Waals surface area contributed by atoms with Crippen molar-refractivity contribution in [2.45, 2.75) is 25.3 Å². The third-order valence-corrected chi connectivity index (χ3v) is 4.81. The van der Waals surface area contributed by atoms with Crippen LogP contribution in [0.15, 0.2) is 42.6 Å². The Morgan fingerprint density at radius 1 is 1.17 bits per heavy atom. The highest BCUT2D eigenvalue weighted by atomic mass is 16.2. The number of carbonyl (C=O) groups excluding carboxylic acids is 1. The van der Waals surface area contributed by atoms with Gasteiger partial charge in [-0.15, -0.1) is 0 Å². The molecule has 1 N–H and O–H groups in total. The molecule has 23 heavy (non-hydrogen) atoms. The number of carbonyl (C=O) groups is 1. The molecule has 0 radical (unpaired) electrons. The molecule has 0 spiro atoms. The Morgan fingerprint density at radius 2 is 2.00 bits per heavy atom. The van der Waals surface area contributed by atoms with E-state index in [0.29, 0.717) is 11.6 Å². The number of nitrogens with zero attached hydrogens (tertiary/aromatic N) is 3. The van der Waals surface area contributed by atoms with Crippen molar-refractivity contribution in [1.82, 2.24) is 20.0 Å². The summed E-state index contributed by atoms with van der Waals surface area (Å²) in [7, 11) is 0. The number of nitrogens with one attached hydrogen (secondary N) is 1. The third-order valence-electron chi connectivity index (χ3n) is 4.81. The fraction of sp³-hybridized carbons (Fsp3) is 0.444. The summed E-state index contributed by atoms with van der Waals surface area (Å²) < 4.78 is 1.69. The first kappa shape index (κ1) is 14.5. The number of hydrogen-bond donors (Lipinski definition) is 1. The van der Waals surface area contributed by atoms with Crippen LogP contribution in [0.4, 0.5) is 0 Å². The first-order valence-electron chi connectivity index (χ1n) is 8.43. The number of hydrogen-bond acceptors (Lipinski definition) is 3. The Kier molecular flexibility index (Phi) is 3.87. The highest BCUT2D eigenvalue weighted by Crippen LogP contribution is 2.31. The van der Waals surface area contributed by atoms with Gasteiger partial charge in [-0.1, -0.05) is 18.2 Å². The van der Waals surface area contributed by atoms with Crippen LogP contribution in [0.25, 0.3) is 5.69 Å². The molecular formula is C18H22N4O. The van der Waals surface area contributed by atoms with Crippen molar-refractivity contribution < 1.29 is 4.79 Å². The lowest BCUT2D eigenvalue weighted by atomic mass is 10.1. The van der Waals surface area contributed by atoms with Gasteiger partial charge in [-0.2, -0.15) is 5.10 Å². The van der Waals surface area contributed by atoms with Gasteiger partial charge in [0.2, 0.25) is 0 Å². The first-order valence-corrected chi connectivity index (χ1v) is 8.43. The molecule has 1 amide bonds. The molecule has 120 valence electrons. The van der Waals surface area contributed by atoms with Crippen molar-refractivity contribution >= 4 is 5.91 Å². The van der Waals surface area contributed by atoms with Crippen molar-refractivity contribution in [1.29, 1.82) is 0 Å². The molecule has 4 rings (SSSR count). The number of rotatable bonds is 5. The average Bonchev–Trinajstić information content (AvgIpc) is 3.14. The molecule has 1 aliphatic heterocycles. The second-order valence-electron chi connectivity index (χ2n) is 6.55. The fourth-order valence-corrected chi connectivity index (χ4v) is 3.38. The number of likely N-dealkylation sites (tertiary alicyclic amines) is 1. The number of para-hydroxylation sites is 1. The van der Waals surface area contributed by atoms with Crippen molar-refractivity contribution in [2.75, 3.05) is 19.6 Å². The summed E-state index contributed by atoms with van der Waals surface area (Å²) in [6.45, 7) is 3.07. The Balaban J connectivity index is 1.37. The van der Waals surface area contributed by atoms with E-state index in [4.69, 9.17) is 0 Å². The lowest BCUT2D eigenvalue weighted by Crippen LogP contribution is -2.32. The molecule has 2 fully saturated rings. The van der Waals surface area contributed by atoms with Crippen LogP contribution in [0.2, 0.25) is 0 Å². The van der Waals surface area contributed by atoms with E-state index in [1.165, 1.54) is 25.8 Å². The zero-order valence-corrected chi connectivity index (χ0v) is 13.2. The first-order chi connectivity index (χ1) is 11.3. The van der Waals surface area contributed by atoms with Crippen LogP contribution in [0, 0.1) is 5.92 Å². The molecule has 1 atom stereocenters. The van der Waals surface area contributed by atoms with Crippen molar-refractivity contribution in [3.63, 3.8) is 0 Å². The second kappa shape index (κ2) is 6.16. The van der Waals surface area contributed by atoms with Gasteiger partial charge < -0.3 is 10.2 Å². The summed E-state index contributed by atoms with van der Waals surface area (Å²) in [6, 6.07) is 12.4. The maximum Gasteiger partial charge on any atom is 0.270 e. The predicted octanol–water partition coefficient (Wildman–Crippen LogP) is 2.09. The van der Waals surface area contributed by atoms with E-state index < -0.39 is 0 Å². The Morgan fingerprint density at radius 3 is 2.78 bits per heavy atom. The van der Waals surface area contributed by atoms with Gasteiger partial charge in [0.15, 0.2) is 0 Å². The Bertz CT molecular complexity index is 677. The molecular weight excluding hydrogens is 288 g/mol. The summed E-state index contributed by atoms with van der Waals surface area (Å²) in [5.74, 6) is 0.531. The molecule has 1 unspecified atom stereocenters. The minimum atomic E-state index is -0.0452. The minimum Gasteiger partial charge on any atom is -0.350 e. The van der Waals surface area contributed by atoms with Crippen LogP contribution in [-0.4, -0.2) is 46.3 Å². The lowest BCUT2D eigenvalue weighted by Gasteiger charge is -2.15. The molecule has 1 aliphatic carbocycles. The van der Waals surface area contributed by atoms with Gasteiger partial charge in [0.1, 0.15) is 5.69 Å². The van der Waals surface area contributed by atoms with E-state index in [-0.39, 0.29) is 5.91 Å². The SMILES string of the molecule is O=C(NCC1CCN(C2CC2)C1)c1ccnn1-c1ccccc1. The summed E-state index contributed by atoms with van der Waals surface area (Å²) in [5, 5.41) is 7.37. The van der Waals surface area contributed by atoms with E-state index in [2.05, 4.69) is 15.3 Å². The summed E-state index contributed by atoms with van der Waals surface area (Å²) in [4.78, 5) is 15.1. The molecule has 2 heterocycles. The molecule has 5 heteroatoms. The summed E-state index contributed by atoms with van der Waals surface area (Å²) in [5.41, 5.74) is 1.50. The van der Waals surface area contributed by atoms with Crippen molar-refractivity contribution in [3.05, 3.63) is 48.3 Å². The number of amides is 1.